The summed E-state index contributed by atoms with van der Waals surface area (Å²) in [7, 11) is 0. The summed E-state index contributed by atoms with van der Waals surface area (Å²) in [4.78, 5) is 52.0. The molecule has 0 radical (unpaired) electrons. The quantitative estimate of drug-likeness (QED) is 0.199. The van der Waals surface area contributed by atoms with E-state index < -0.39 is 34.5 Å². The SMILES string of the molecule is CCOOCc1sc2c(c1C)c(=O)n(C(C)(C)C(=O)OC(C)(C)C)c(=O)n2CC(O)c1ccccc1. The lowest BCUT2D eigenvalue weighted by Crippen LogP contribution is -2.54. The number of hydrogen-bond acceptors (Lipinski definition) is 8. The molecule has 0 aliphatic heterocycles. The molecule has 1 atom stereocenters. The number of aliphatic hydroxyl groups is 1. The molecule has 0 bridgehead atoms. The first kappa shape index (κ1) is 27.8. The van der Waals surface area contributed by atoms with Gasteiger partial charge in [0.05, 0.1) is 24.6 Å². The zero-order valence-electron chi connectivity index (χ0n) is 21.8. The molecule has 0 amide bonds. The first-order valence-corrected chi connectivity index (χ1v) is 12.6. The Morgan fingerprint density at radius 1 is 1.08 bits per heavy atom. The second kappa shape index (κ2) is 10.7. The fourth-order valence-corrected chi connectivity index (χ4v) is 5.01. The highest BCUT2D eigenvalue weighted by atomic mass is 32.1. The predicted molar refractivity (Wildman–Crippen MR) is 138 cm³/mol. The summed E-state index contributed by atoms with van der Waals surface area (Å²) in [6, 6.07) is 8.93. The van der Waals surface area contributed by atoms with Gasteiger partial charge in [-0.3, -0.25) is 9.36 Å². The third-order valence-corrected chi connectivity index (χ3v) is 6.99. The minimum Gasteiger partial charge on any atom is -0.458 e. The van der Waals surface area contributed by atoms with Gasteiger partial charge in [0.25, 0.3) is 5.56 Å². The van der Waals surface area contributed by atoms with Gasteiger partial charge in [0, 0.05) is 4.88 Å². The van der Waals surface area contributed by atoms with Crippen molar-refractivity contribution in [3.05, 3.63) is 67.2 Å². The Kier molecular flexibility index (Phi) is 8.24. The van der Waals surface area contributed by atoms with Gasteiger partial charge in [-0.1, -0.05) is 30.3 Å². The van der Waals surface area contributed by atoms with Gasteiger partial charge in [-0.2, -0.15) is 0 Å². The lowest BCUT2D eigenvalue weighted by Gasteiger charge is -2.30. The molecule has 36 heavy (non-hydrogen) atoms. The summed E-state index contributed by atoms with van der Waals surface area (Å²) in [5.41, 5.74) is -2.49. The van der Waals surface area contributed by atoms with Gasteiger partial charge in [-0.05, 0) is 59.6 Å². The van der Waals surface area contributed by atoms with E-state index in [1.165, 1.54) is 29.8 Å². The highest BCUT2D eigenvalue weighted by Crippen LogP contribution is 2.30. The number of ether oxygens (including phenoxy) is 1. The average molecular weight is 519 g/mol. The molecule has 1 aromatic carbocycles. The Balaban J connectivity index is 2.26. The third kappa shape index (κ3) is 5.62. The second-order valence-electron chi connectivity index (χ2n) is 10.0. The number of carbonyl (C=O) groups excluding carboxylic acids is 1. The number of thiophene rings is 1. The van der Waals surface area contributed by atoms with E-state index in [-0.39, 0.29) is 18.5 Å². The molecule has 2 heterocycles. The van der Waals surface area contributed by atoms with Crippen LogP contribution in [0.25, 0.3) is 10.2 Å². The first-order chi connectivity index (χ1) is 16.8. The van der Waals surface area contributed by atoms with Crippen LogP contribution >= 0.6 is 11.3 Å². The Morgan fingerprint density at radius 3 is 2.31 bits per heavy atom. The van der Waals surface area contributed by atoms with E-state index in [9.17, 15) is 19.5 Å². The van der Waals surface area contributed by atoms with Crippen LogP contribution < -0.4 is 11.2 Å². The Labute approximate surface area is 213 Å². The molecule has 2 aromatic heterocycles. The van der Waals surface area contributed by atoms with Gasteiger partial charge in [0.1, 0.15) is 22.6 Å². The number of carbonyl (C=O) groups is 1. The molecule has 0 fully saturated rings. The van der Waals surface area contributed by atoms with Crippen LogP contribution in [-0.4, -0.2) is 32.4 Å². The van der Waals surface area contributed by atoms with Crippen molar-refractivity contribution in [1.82, 2.24) is 9.13 Å². The highest BCUT2D eigenvalue weighted by Gasteiger charge is 2.38. The molecular weight excluding hydrogens is 484 g/mol. The molecule has 3 rings (SSSR count). The number of aliphatic hydroxyl groups excluding tert-OH is 1. The lowest BCUT2D eigenvalue weighted by atomic mass is 10.0. The Hall–Kier alpha value is -2.79. The summed E-state index contributed by atoms with van der Waals surface area (Å²) in [6.07, 6.45) is -1.02. The number of aromatic nitrogens is 2. The highest BCUT2D eigenvalue weighted by molar-refractivity contribution is 7.18. The van der Waals surface area contributed by atoms with Crippen molar-refractivity contribution in [3.63, 3.8) is 0 Å². The van der Waals surface area contributed by atoms with E-state index in [0.29, 0.717) is 27.4 Å². The number of rotatable bonds is 9. The van der Waals surface area contributed by atoms with E-state index >= 15 is 0 Å². The smallest absolute Gasteiger partial charge is 0.333 e. The summed E-state index contributed by atoms with van der Waals surface area (Å²) >= 11 is 1.22. The number of fused-ring (bicyclic) bond motifs is 1. The van der Waals surface area contributed by atoms with E-state index in [2.05, 4.69) is 0 Å². The fourth-order valence-electron chi connectivity index (χ4n) is 3.81. The number of esters is 1. The molecular formula is C26H34N2O7S. The van der Waals surface area contributed by atoms with Crippen molar-refractivity contribution in [3.8, 4) is 0 Å². The van der Waals surface area contributed by atoms with Crippen molar-refractivity contribution in [2.24, 2.45) is 0 Å². The Morgan fingerprint density at radius 2 is 1.72 bits per heavy atom. The van der Waals surface area contributed by atoms with Crippen LogP contribution in [0.3, 0.4) is 0 Å². The largest absolute Gasteiger partial charge is 0.458 e. The van der Waals surface area contributed by atoms with E-state index in [4.69, 9.17) is 14.5 Å². The van der Waals surface area contributed by atoms with Crippen LogP contribution in [-0.2, 0) is 38.0 Å². The Bertz CT molecular complexity index is 1350. The third-order valence-electron chi connectivity index (χ3n) is 5.70. The monoisotopic (exact) mass is 518 g/mol. The van der Waals surface area contributed by atoms with E-state index in [0.717, 1.165) is 4.57 Å². The maximum atomic E-state index is 13.8. The van der Waals surface area contributed by atoms with Gasteiger partial charge in [0.2, 0.25) is 0 Å². The van der Waals surface area contributed by atoms with Gasteiger partial charge >= 0.3 is 11.7 Å². The van der Waals surface area contributed by atoms with Crippen LogP contribution in [0.15, 0.2) is 39.9 Å². The zero-order chi connectivity index (χ0) is 26.8. The minimum atomic E-state index is -1.61. The zero-order valence-corrected chi connectivity index (χ0v) is 22.6. The van der Waals surface area contributed by atoms with Gasteiger partial charge in [0.15, 0.2) is 0 Å². The van der Waals surface area contributed by atoms with Crippen LogP contribution in [0.1, 0.15) is 63.7 Å². The minimum absolute atomic E-state index is 0.0867. The van der Waals surface area contributed by atoms with Crippen molar-refractivity contribution < 1.29 is 24.4 Å². The molecule has 0 spiro atoms. The fraction of sp³-hybridized carbons (Fsp3) is 0.500. The summed E-state index contributed by atoms with van der Waals surface area (Å²) in [6.45, 7) is 12.0. The number of nitrogens with zero attached hydrogens (tertiary/aromatic N) is 2. The predicted octanol–water partition coefficient (Wildman–Crippen LogP) is 3.81. The second-order valence-corrected chi connectivity index (χ2v) is 11.1. The van der Waals surface area contributed by atoms with Gasteiger partial charge < -0.3 is 9.84 Å². The molecule has 1 unspecified atom stereocenters. The maximum absolute atomic E-state index is 13.8. The van der Waals surface area contributed by atoms with Crippen LogP contribution in [0.4, 0.5) is 0 Å². The number of aryl methyl sites for hydroxylation is 1. The van der Waals surface area contributed by atoms with Crippen LogP contribution in [0.2, 0.25) is 0 Å². The van der Waals surface area contributed by atoms with Gasteiger partial charge in [-0.15, -0.1) is 11.3 Å². The molecule has 196 valence electrons. The van der Waals surface area contributed by atoms with Crippen LogP contribution in [0, 0.1) is 6.92 Å². The number of hydrogen-bond donors (Lipinski definition) is 1. The molecule has 1 N–H and O–H groups in total. The van der Waals surface area contributed by atoms with Crippen molar-refractivity contribution >= 4 is 27.5 Å². The van der Waals surface area contributed by atoms with E-state index in [1.54, 1.807) is 58.9 Å². The van der Waals surface area contributed by atoms with Crippen molar-refractivity contribution in [2.75, 3.05) is 6.61 Å². The molecule has 9 nitrogen and oxygen atoms in total. The number of benzene rings is 1. The van der Waals surface area contributed by atoms with Crippen molar-refractivity contribution in [1.29, 1.82) is 0 Å². The molecule has 0 saturated heterocycles. The summed E-state index contributed by atoms with van der Waals surface area (Å²) in [5, 5.41) is 11.2. The maximum Gasteiger partial charge on any atom is 0.333 e. The summed E-state index contributed by atoms with van der Waals surface area (Å²) in [5.74, 6) is -0.712. The molecule has 3 aromatic rings. The van der Waals surface area contributed by atoms with Crippen molar-refractivity contribution in [2.45, 2.75) is 78.9 Å². The standard InChI is InChI=1S/C26H34N2O7S/c1-8-33-34-15-19-16(2)20-21(30)28(26(6,7)23(31)35-25(3,4)5)24(32)27(22(20)36-19)14-18(29)17-12-10-9-11-13-17/h9-13,18,29H,8,14-15H2,1-7H3. The summed E-state index contributed by atoms with van der Waals surface area (Å²) < 4.78 is 7.81. The molecule has 0 saturated carbocycles. The molecule has 10 heteroatoms. The van der Waals surface area contributed by atoms with Gasteiger partial charge in [-0.25, -0.2) is 23.9 Å². The normalized spacial score (nSPS) is 13.2. The van der Waals surface area contributed by atoms with E-state index in [1.807, 2.05) is 6.07 Å². The molecule has 0 aliphatic rings. The lowest BCUT2D eigenvalue weighted by molar-refractivity contribution is -0.300. The average Bonchev–Trinajstić information content (AvgIpc) is 3.12. The van der Waals surface area contributed by atoms with Crippen LogP contribution in [0.5, 0.6) is 0 Å². The molecule has 0 aliphatic carbocycles. The topological polar surface area (TPSA) is 109 Å². The first-order valence-electron chi connectivity index (χ1n) is 11.8.